The number of nitrogens with one attached hydrogen (secondary N) is 2. The number of amides is 2. The number of ether oxygens (including phenoxy) is 1. The van der Waals surface area contributed by atoms with Crippen molar-refractivity contribution in [2.45, 2.75) is 19.4 Å². The zero-order chi connectivity index (χ0) is 16.1. The normalized spacial score (nSPS) is 17.1. The van der Waals surface area contributed by atoms with Crippen molar-refractivity contribution in [1.29, 1.82) is 0 Å². The highest BCUT2D eigenvalue weighted by molar-refractivity contribution is 5.97. The van der Waals surface area contributed by atoms with Crippen LogP contribution in [0.5, 0.6) is 0 Å². The maximum atomic E-state index is 12.1. The van der Waals surface area contributed by atoms with Gasteiger partial charge in [0.05, 0.1) is 13.2 Å². The molecule has 1 aromatic carbocycles. The van der Waals surface area contributed by atoms with Crippen LogP contribution in [0.1, 0.15) is 22.3 Å². The average Bonchev–Trinajstić information content (AvgIpc) is 2.49. The predicted octanol–water partition coefficient (Wildman–Crippen LogP) is 1.44. The molecule has 0 radical (unpaired) electrons. The lowest BCUT2D eigenvalue weighted by Gasteiger charge is -2.23. The molecule has 1 saturated heterocycles. The summed E-state index contributed by atoms with van der Waals surface area (Å²) in [6, 6.07) is 5.37. The number of aryl methyl sites for hydroxylation is 1. The van der Waals surface area contributed by atoms with E-state index in [-0.39, 0.29) is 30.3 Å². The first kappa shape index (κ1) is 19.4. The molecule has 6 nitrogen and oxygen atoms in total. The number of nitrogens with zero attached hydrogens (tertiary/aromatic N) is 1. The number of anilines is 1. The zero-order valence-electron chi connectivity index (χ0n) is 13.7. The van der Waals surface area contributed by atoms with Crippen molar-refractivity contribution < 1.29 is 14.3 Å². The minimum atomic E-state index is -0.0853. The van der Waals surface area contributed by atoms with E-state index >= 15 is 0 Å². The second kappa shape index (κ2) is 8.86. The first-order chi connectivity index (χ1) is 10.5. The number of hydrogen-bond acceptors (Lipinski definition) is 4. The fourth-order valence-electron chi connectivity index (χ4n) is 2.32. The minimum Gasteiger partial charge on any atom is -0.378 e. The molecule has 0 aromatic heterocycles. The Balaban J connectivity index is 0.00000264. The molecule has 1 aliphatic rings. The van der Waals surface area contributed by atoms with Crippen molar-refractivity contribution in [1.82, 2.24) is 10.2 Å². The van der Waals surface area contributed by atoms with Crippen LogP contribution in [0.2, 0.25) is 0 Å². The Morgan fingerprint density at radius 3 is 2.74 bits per heavy atom. The molecule has 0 bridgehead atoms. The van der Waals surface area contributed by atoms with Crippen LogP contribution in [0.25, 0.3) is 0 Å². The number of benzene rings is 1. The number of carbonyl (C=O) groups excluding carboxylic acids is 2. The van der Waals surface area contributed by atoms with Crippen LogP contribution in [0.15, 0.2) is 18.2 Å². The number of morpholine rings is 1. The molecule has 1 aliphatic heterocycles. The van der Waals surface area contributed by atoms with Crippen molar-refractivity contribution in [2.24, 2.45) is 0 Å². The van der Waals surface area contributed by atoms with Gasteiger partial charge in [0.15, 0.2) is 0 Å². The molecule has 1 fully saturated rings. The molecule has 1 aromatic rings. The first-order valence-corrected chi connectivity index (χ1v) is 7.40. The Morgan fingerprint density at radius 2 is 2.13 bits per heavy atom. The van der Waals surface area contributed by atoms with Gasteiger partial charge < -0.3 is 20.3 Å². The third kappa shape index (κ3) is 5.49. The molecular formula is C16H24ClN3O3. The molecule has 1 unspecified atom stereocenters. The summed E-state index contributed by atoms with van der Waals surface area (Å²) in [5.74, 6) is -0.168. The lowest BCUT2D eigenvalue weighted by molar-refractivity contribution is -0.117. The number of halogens is 1. The highest BCUT2D eigenvalue weighted by Gasteiger charge is 2.18. The Hall–Kier alpha value is -1.63. The number of rotatable bonds is 4. The van der Waals surface area contributed by atoms with E-state index in [4.69, 9.17) is 4.74 Å². The average molecular weight is 342 g/mol. The fourth-order valence-corrected chi connectivity index (χ4v) is 2.32. The molecule has 128 valence electrons. The van der Waals surface area contributed by atoms with Gasteiger partial charge in [-0.05, 0) is 24.6 Å². The van der Waals surface area contributed by atoms with Crippen molar-refractivity contribution in [3.05, 3.63) is 29.3 Å². The minimum absolute atomic E-state index is 0. The van der Waals surface area contributed by atoms with E-state index in [9.17, 15) is 9.59 Å². The van der Waals surface area contributed by atoms with Gasteiger partial charge in [0.2, 0.25) is 5.91 Å². The molecule has 1 atom stereocenters. The van der Waals surface area contributed by atoms with Gasteiger partial charge in [0.25, 0.3) is 5.91 Å². The van der Waals surface area contributed by atoms with Crippen molar-refractivity contribution >= 4 is 29.9 Å². The van der Waals surface area contributed by atoms with Crippen molar-refractivity contribution in [2.75, 3.05) is 39.2 Å². The lowest BCUT2D eigenvalue weighted by Crippen LogP contribution is -2.43. The third-order valence-electron chi connectivity index (χ3n) is 3.60. The molecule has 0 aliphatic carbocycles. The summed E-state index contributed by atoms with van der Waals surface area (Å²) in [5, 5.41) is 6.13. The maximum Gasteiger partial charge on any atom is 0.253 e. The zero-order valence-corrected chi connectivity index (χ0v) is 14.5. The Kier molecular flexibility index (Phi) is 7.48. The van der Waals surface area contributed by atoms with Crippen molar-refractivity contribution in [3.63, 3.8) is 0 Å². The Morgan fingerprint density at radius 1 is 1.39 bits per heavy atom. The molecule has 1 heterocycles. The van der Waals surface area contributed by atoms with Crippen LogP contribution in [-0.2, 0) is 9.53 Å². The quantitative estimate of drug-likeness (QED) is 0.869. The van der Waals surface area contributed by atoms with Gasteiger partial charge >= 0.3 is 0 Å². The first-order valence-electron chi connectivity index (χ1n) is 7.40. The molecule has 7 heteroatoms. The summed E-state index contributed by atoms with van der Waals surface area (Å²) in [4.78, 5) is 25.7. The predicted molar refractivity (Wildman–Crippen MR) is 92.3 cm³/mol. The van der Waals surface area contributed by atoms with Gasteiger partial charge in [0.1, 0.15) is 0 Å². The van der Waals surface area contributed by atoms with Crippen LogP contribution < -0.4 is 10.6 Å². The standard InChI is InChI=1S/C16H23N3O3.ClH/c1-11-4-5-12(16(21)19(2)3)8-14(11)18-15(20)9-13-10-22-7-6-17-13;/h4-5,8,13,17H,6-7,9-10H2,1-3H3,(H,18,20);1H. The molecule has 2 rings (SSSR count). The smallest absolute Gasteiger partial charge is 0.253 e. The van der Waals surface area contributed by atoms with E-state index in [1.54, 1.807) is 26.2 Å². The molecule has 23 heavy (non-hydrogen) atoms. The molecular weight excluding hydrogens is 318 g/mol. The summed E-state index contributed by atoms with van der Waals surface area (Å²) in [5.41, 5.74) is 2.16. The lowest BCUT2D eigenvalue weighted by atomic mass is 10.1. The highest BCUT2D eigenvalue weighted by atomic mass is 35.5. The third-order valence-corrected chi connectivity index (χ3v) is 3.60. The number of carbonyl (C=O) groups is 2. The van der Waals surface area contributed by atoms with E-state index in [2.05, 4.69) is 10.6 Å². The van der Waals surface area contributed by atoms with Crippen LogP contribution in [0.3, 0.4) is 0 Å². The number of hydrogen-bond donors (Lipinski definition) is 2. The van der Waals surface area contributed by atoms with Crippen molar-refractivity contribution in [3.8, 4) is 0 Å². The molecule has 0 saturated carbocycles. The van der Waals surface area contributed by atoms with Gasteiger partial charge in [-0.15, -0.1) is 12.4 Å². The second-order valence-electron chi connectivity index (χ2n) is 5.71. The van der Waals surface area contributed by atoms with Gasteiger partial charge in [-0.25, -0.2) is 0 Å². The maximum absolute atomic E-state index is 12.1. The van der Waals surface area contributed by atoms with Crippen LogP contribution >= 0.6 is 12.4 Å². The summed E-state index contributed by atoms with van der Waals surface area (Å²) < 4.78 is 5.34. The largest absolute Gasteiger partial charge is 0.378 e. The molecule has 2 N–H and O–H groups in total. The van der Waals surface area contributed by atoms with E-state index in [1.165, 1.54) is 4.90 Å². The van der Waals surface area contributed by atoms with Gasteiger partial charge in [0, 0.05) is 44.4 Å². The molecule has 0 spiro atoms. The van der Waals surface area contributed by atoms with Crippen LogP contribution in [0.4, 0.5) is 5.69 Å². The van der Waals surface area contributed by atoms with Gasteiger partial charge in [-0.2, -0.15) is 0 Å². The van der Waals surface area contributed by atoms with E-state index < -0.39 is 0 Å². The Labute approximate surface area is 143 Å². The molecule has 2 amide bonds. The topological polar surface area (TPSA) is 70.7 Å². The summed E-state index contributed by atoms with van der Waals surface area (Å²) >= 11 is 0. The summed E-state index contributed by atoms with van der Waals surface area (Å²) in [7, 11) is 3.41. The van der Waals surface area contributed by atoms with E-state index in [0.717, 1.165) is 12.1 Å². The van der Waals surface area contributed by atoms with Gasteiger partial charge in [-0.1, -0.05) is 6.07 Å². The Bertz CT molecular complexity index is 558. The fraction of sp³-hybridized carbons (Fsp3) is 0.500. The van der Waals surface area contributed by atoms with Crippen LogP contribution in [-0.4, -0.2) is 56.6 Å². The SMILES string of the molecule is Cc1ccc(C(=O)N(C)C)cc1NC(=O)CC1COCCN1.Cl. The highest BCUT2D eigenvalue weighted by Crippen LogP contribution is 2.18. The van der Waals surface area contributed by atoms with E-state index in [1.807, 2.05) is 13.0 Å². The summed E-state index contributed by atoms with van der Waals surface area (Å²) in [6.07, 6.45) is 0.352. The van der Waals surface area contributed by atoms with Gasteiger partial charge in [-0.3, -0.25) is 9.59 Å². The van der Waals surface area contributed by atoms with E-state index in [0.29, 0.717) is 30.9 Å². The summed E-state index contributed by atoms with van der Waals surface area (Å²) in [6.45, 7) is 3.91. The second-order valence-corrected chi connectivity index (χ2v) is 5.71. The monoisotopic (exact) mass is 341 g/mol. The van der Waals surface area contributed by atoms with Crippen LogP contribution in [0, 0.1) is 6.92 Å².